The van der Waals surface area contributed by atoms with Crippen LogP contribution in [0.3, 0.4) is 0 Å². The van der Waals surface area contributed by atoms with Gasteiger partial charge in [0.15, 0.2) is 0 Å². The fourth-order valence-corrected chi connectivity index (χ4v) is 8.61. The first kappa shape index (κ1) is 48.4. The van der Waals surface area contributed by atoms with Gasteiger partial charge in [0.25, 0.3) is 5.69 Å². The summed E-state index contributed by atoms with van der Waals surface area (Å²) in [6, 6.07) is 9.57. The average Bonchev–Trinajstić information content (AvgIpc) is 3.84. The predicted octanol–water partition coefficient (Wildman–Crippen LogP) is 1.94. The van der Waals surface area contributed by atoms with Gasteiger partial charge in [-0.15, -0.1) is 11.3 Å². The number of hydrogen-bond acceptors (Lipinski definition) is 15. The number of nitrogens with two attached hydrogens (primary N) is 1. The molecule has 2 aliphatic heterocycles. The molecule has 2 fully saturated rings. The Morgan fingerprint density at radius 1 is 1.02 bits per heavy atom. The average molecular weight is 902 g/mol. The first-order valence-electron chi connectivity index (χ1n) is 20.6. The summed E-state index contributed by atoms with van der Waals surface area (Å²) < 4.78 is 34.5. The number of benzene rings is 2. The van der Waals surface area contributed by atoms with E-state index in [-0.39, 0.29) is 67.2 Å². The lowest BCUT2D eigenvalue weighted by molar-refractivity contribution is -0.384. The lowest BCUT2D eigenvalue weighted by Gasteiger charge is -2.35. The number of aromatic nitrogens is 1. The van der Waals surface area contributed by atoms with Gasteiger partial charge >= 0.3 is 0 Å². The molecule has 2 aromatic carbocycles. The van der Waals surface area contributed by atoms with E-state index in [0.29, 0.717) is 26.3 Å². The highest BCUT2D eigenvalue weighted by molar-refractivity contribution is 7.89. The van der Waals surface area contributed by atoms with Crippen LogP contribution in [0.25, 0.3) is 10.4 Å². The molecule has 6 N–H and O–H groups in total. The molecule has 21 heteroatoms. The number of nitro groups is 1. The Morgan fingerprint density at radius 3 is 2.29 bits per heavy atom. The quantitative estimate of drug-likeness (QED) is 0.0583. The molecule has 19 nitrogen and oxygen atoms in total. The summed E-state index contributed by atoms with van der Waals surface area (Å²) in [6.07, 6.45) is -0.749. The van der Waals surface area contributed by atoms with E-state index < -0.39 is 44.5 Å². The van der Waals surface area contributed by atoms with Crippen molar-refractivity contribution in [3.8, 4) is 10.4 Å². The Labute approximate surface area is 366 Å². The van der Waals surface area contributed by atoms with Crippen molar-refractivity contribution in [3.05, 3.63) is 69.3 Å². The van der Waals surface area contributed by atoms with Gasteiger partial charge in [0.2, 0.25) is 27.7 Å². The van der Waals surface area contributed by atoms with E-state index in [1.807, 2.05) is 52.0 Å². The van der Waals surface area contributed by atoms with E-state index in [1.165, 1.54) is 17.0 Å². The SMILES string of the molecule is Cc1ncsc1-c1ccc(CNC(=O)[C@@H]2C[C@@H](O)CN2C(=O)[C@@H](NC(=O)CCOCCOCCN2CCN(CCNc3ccc(S(N)(=O)=O)cc3[N+](=O)[O-])CC2)C(C)(C)C)cc1. The van der Waals surface area contributed by atoms with Gasteiger partial charge in [-0.25, -0.2) is 18.5 Å². The fraction of sp³-hybridized carbons (Fsp3) is 0.561. The molecule has 0 saturated carbocycles. The molecule has 3 heterocycles. The summed E-state index contributed by atoms with van der Waals surface area (Å²) in [7, 11) is -4.06. The molecule has 3 aromatic rings. The lowest BCUT2D eigenvalue weighted by Crippen LogP contribution is -2.57. The molecule has 0 radical (unpaired) electrons. The number of rotatable bonds is 21. The third kappa shape index (κ3) is 13.9. The monoisotopic (exact) mass is 901 g/mol. The molecular formula is C41H59N9O10S2. The Hall–Kier alpha value is -4.61. The minimum absolute atomic E-state index is 0.0127. The summed E-state index contributed by atoms with van der Waals surface area (Å²) in [6.45, 7) is 14.1. The molecule has 340 valence electrons. The molecule has 0 aliphatic carbocycles. The number of carbonyl (C=O) groups is 3. The zero-order valence-corrected chi connectivity index (χ0v) is 37.3. The molecule has 2 aliphatic rings. The topological polar surface area (TPSA) is 252 Å². The summed E-state index contributed by atoms with van der Waals surface area (Å²) in [5.41, 5.74) is 3.89. The van der Waals surface area contributed by atoms with E-state index >= 15 is 0 Å². The number of anilines is 1. The summed E-state index contributed by atoms with van der Waals surface area (Å²) in [5.74, 6) is -1.17. The van der Waals surface area contributed by atoms with Gasteiger partial charge in [-0.3, -0.25) is 34.3 Å². The van der Waals surface area contributed by atoms with Crippen LogP contribution in [0.1, 0.15) is 44.9 Å². The van der Waals surface area contributed by atoms with Gasteiger partial charge in [0.05, 0.1) is 58.4 Å². The Kier molecular flexibility index (Phi) is 17.3. The number of thiazole rings is 1. The summed E-state index contributed by atoms with van der Waals surface area (Å²) in [5, 5.41) is 35.9. The van der Waals surface area contributed by atoms with Crippen LogP contribution in [0.5, 0.6) is 0 Å². The molecule has 0 unspecified atom stereocenters. The molecule has 5 rings (SSSR count). The second-order valence-corrected chi connectivity index (χ2v) is 18.9. The molecule has 0 bridgehead atoms. The van der Waals surface area contributed by atoms with Crippen LogP contribution in [0.4, 0.5) is 11.4 Å². The van der Waals surface area contributed by atoms with Gasteiger partial charge < -0.3 is 35.4 Å². The van der Waals surface area contributed by atoms with Crippen LogP contribution in [-0.4, -0.2) is 153 Å². The number of sulfonamides is 1. The molecular weight excluding hydrogens is 843 g/mol. The van der Waals surface area contributed by atoms with E-state index in [9.17, 15) is 38.0 Å². The molecule has 1 aromatic heterocycles. The van der Waals surface area contributed by atoms with Crippen molar-refractivity contribution in [1.82, 2.24) is 30.3 Å². The number of aliphatic hydroxyl groups excluding tert-OH is 1. The molecule has 0 spiro atoms. The zero-order valence-electron chi connectivity index (χ0n) is 35.7. The number of carbonyl (C=O) groups excluding carboxylic acids is 3. The second kappa shape index (κ2) is 22.1. The summed E-state index contributed by atoms with van der Waals surface area (Å²) >= 11 is 1.57. The van der Waals surface area contributed by atoms with Crippen molar-refractivity contribution in [2.24, 2.45) is 10.6 Å². The molecule has 3 atom stereocenters. The van der Waals surface area contributed by atoms with Gasteiger partial charge in [0, 0.05) is 77.8 Å². The van der Waals surface area contributed by atoms with Crippen LogP contribution in [0, 0.1) is 22.5 Å². The van der Waals surface area contributed by atoms with E-state index in [1.54, 1.807) is 16.8 Å². The largest absolute Gasteiger partial charge is 0.391 e. The Balaban J connectivity index is 0.949. The minimum atomic E-state index is -4.06. The van der Waals surface area contributed by atoms with Gasteiger partial charge in [-0.05, 0) is 35.6 Å². The highest BCUT2D eigenvalue weighted by Gasteiger charge is 2.44. The number of β-amino-alcohol motifs (C(OH)–C–C–N with tert-alkyl or cyclic N) is 1. The molecule has 2 saturated heterocycles. The van der Waals surface area contributed by atoms with Crippen molar-refractivity contribution in [2.45, 2.75) is 70.2 Å². The normalized spacial score (nSPS) is 18.1. The van der Waals surface area contributed by atoms with Crippen LogP contribution in [0.2, 0.25) is 0 Å². The third-order valence-electron chi connectivity index (χ3n) is 10.8. The van der Waals surface area contributed by atoms with Crippen molar-refractivity contribution < 1.29 is 42.3 Å². The van der Waals surface area contributed by atoms with Crippen LogP contribution in [-0.2, 0) is 40.4 Å². The highest BCUT2D eigenvalue weighted by atomic mass is 32.2. The van der Waals surface area contributed by atoms with E-state index in [2.05, 4.69) is 30.7 Å². The number of ether oxygens (including phenoxy) is 2. The van der Waals surface area contributed by atoms with Crippen molar-refractivity contribution in [2.75, 3.05) is 84.1 Å². The number of aliphatic hydroxyl groups is 1. The smallest absolute Gasteiger partial charge is 0.293 e. The zero-order chi connectivity index (χ0) is 45.0. The number of piperazine rings is 1. The maximum Gasteiger partial charge on any atom is 0.293 e. The third-order valence-corrected chi connectivity index (χ3v) is 12.7. The number of amides is 3. The molecule has 62 heavy (non-hydrogen) atoms. The first-order valence-corrected chi connectivity index (χ1v) is 23.0. The number of aryl methyl sites for hydroxylation is 1. The van der Waals surface area contributed by atoms with Crippen molar-refractivity contribution in [3.63, 3.8) is 0 Å². The second-order valence-electron chi connectivity index (χ2n) is 16.5. The highest BCUT2D eigenvalue weighted by Crippen LogP contribution is 2.29. The number of nitrogens with one attached hydrogen (secondary N) is 3. The van der Waals surface area contributed by atoms with Crippen LogP contribution >= 0.6 is 11.3 Å². The Morgan fingerprint density at radius 2 is 1.68 bits per heavy atom. The predicted molar refractivity (Wildman–Crippen MR) is 234 cm³/mol. The first-order chi connectivity index (χ1) is 29.4. The van der Waals surface area contributed by atoms with Gasteiger partial charge in [0.1, 0.15) is 17.8 Å². The number of nitro benzene ring substituents is 1. The van der Waals surface area contributed by atoms with Gasteiger partial charge in [-0.1, -0.05) is 45.0 Å². The van der Waals surface area contributed by atoms with Crippen LogP contribution < -0.4 is 21.1 Å². The maximum absolute atomic E-state index is 13.9. The fourth-order valence-electron chi connectivity index (χ4n) is 7.27. The van der Waals surface area contributed by atoms with Crippen LogP contribution in [0.15, 0.2) is 52.9 Å². The van der Waals surface area contributed by atoms with Crippen molar-refractivity contribution in [1.29, 1.82) is 0 Å². The molecule has 3 amide bonds. The lowest BCUT2D eigenvalue weighted by atomic mass is 9.85. The summed E-state index contributed by atoms with van der Waals surface area (Å²) in [4.78, 5) is 62.1. The number of nitrogens with zero attached hydrogens (tertiary/aromatic N) is 5. The standard InChI is InChI=1S/C41H59N9O10S2/c1-28-37(61-27-45-28)30-7-5-29(6-8-30)25-44-39(53)35-23-31(51)26-49(35)40(54)38(41(2,3)4)46-36(52)11-19-59-21-22-60-20-18-48-16-14-47(15-17-48)13-12-43-33-10-9-32(62(42,57)58)24-34(33)50(55)56/h5-10,24,27,31,35,38,43,51H,11-23,25-26H2,1-4H3,(H,44,53)(H,46,52)(H2,42,57,58)/t31-,35+,38-/m1/s1. The Bertz CT molecular complexity index is 2110. The minimum Gasteiger partial charge on any atom is -0.391 e. The van der Waals surface area contributed by atoms with Gasteiger partial charge in [-0.2, -0.15) is 0 Å². The number of hydrogen-bond donors (Lipinski definition) is 5. The maximum atomic E-state index is 13.9. The number of likely N-dealkylation sites (tertiary alicyclic amines) is 1. The van der Waals surface area contributed by atoms with E-state index in [4.69, 9.17) is 14.6 Å². The van der Waals surface area contributed by atoms with E-state index in [0.717, 1.165) is 60.5 Å². The van der Waals surface area contributed by atoms with Crippen molar-refractivity contribution >= 4 is 50.5 Å². The number of primary sulfonamides is 1.